The van der Waals surface area contributed by atoms with E-state index in [1.54, 1.807) is 0 Å². The summed E-state index contributed by atoms with van der Waals surface area (Å²) in [5, 5.41) is 14.8. The Morgan fingerprint density at radius 2 is 1.64 bits per heavy atom. The van der Waals surface area contributed by atoms with Gasteiger partial charge >= 0.3 is 12.1 Å². The number of carboxylic acid groups (broad SMARTS) is 1. The molecule has 7 heteroatoms. The lowest BCUT2D eigenvalue weighted by molar-refractivity contribution is -0.154. The molecule has 2 aliphatic rings. The van der Waals surface area contributed by atoms with E-state index < -0.39 is 17.5 Å². The van der Waals surface area contributed by atoms with E-state index in [-0.39, 0.29) is 37.3 Å². The van der Waals surface area contributed by atoms with Crippen molar-refractivity contribution in [2.75, 3.05) is 19.7 Å². The minimum Gasteiger partial charge on any atom is -0.481 e. The fraction of sp³-hybridized carbons (Fsp3) is 0.423. The van der Waals surface area contributed by atoms with Crippen LogP contribution in [0.3, 0.4) is 0 Å². The number of nitrogens with one attached hydrogen (secondary N) is 2. The minimum atomic E-state index is -0.848. The number of carboxylic acids is 1. The summed E-state index contributed by atoms with van der Waals surface area (Å²) in [5.74, 6) is -1.16. The Balaban J connectivity index is 1.21. The van der Waals surface area contributed by atoms with Gasteiger partial charge in [-0.15, -0.1) is 0 Å². The maximum atomic E-state index is 12.3. The van der Waals surface area contributed by atoms with Crippen molar-refractivity contribution in [2.24, 2.45) is 11.3 Å². The highest BCUT2D eigenvalue weighted by molar-refractivity contribution is 5.80. The van der Waals surface area contributed by atoms with Gasteiger partial charge in [0.2, 0.25) is 5.91 Å². The lowest BCUT2D eigenvalue weighted by atomic mass is 9.69. The second kappa shape index (κ2) is 9.65. The third-order valence-corrected chi connectivity index (χ3v) is 6.86. The molecule has 0 aromatic heterocycles. The SMILES string of the molecule is CC(CNC(=O)OCC1c2ccccc2-c2ccccc21)CC(=O)NCC1(C(=O)O)CCC1. The summed E-state index contributed by atoms with van der Waals surface area (Å²) in [6.07, 6.45) is 1.77. The van der Waals surface area contributed by atoms with Gasteiger partial charge in [-0.1, -0.05) is 61.9 Å². The molecule has 3 N–H and O–H groups in total. The van der Waals surface area contributed by atoms with E-state index in [0.717, 1.165) is 17.5 Å². The quantitative estimate of drug-likeness (QED) is 0.537. The molecule has 0 heterocycles. The van der Waals surface area contributed by atoms with Gasteiger partial charge in [-0.3, -0.25) is 9.59 Å². The molecule has 0 bridgehead atoms. The fourth-order valence-electron chi connectivity index (χ4n) is 4.71. The molecule has 2 amide bonds. The number of carbonyl (C=O) groups excluding carboxylic acids is 2. The first-order valence-corrected chi connectivity index (χ1v) is 11.5. The molecule has 0 saturated heterocycles. The van der Waals surface area contributed by atoms with Crippen LogP contribution in [0, 0.1) is 11.3 Å². The Hall–Kier alpha value is -3.35. The maximum Gasteiger partial charge on any atom is 0.407 e. The normalized spacial score (nSPS) is 16.6. The number of benzene rings is 2. The van der Waals surface area contributed by atoms with Crippen molar-refractivity contribution >= 4 is 18.0 Å². The summed E-state index contributed by atoms with van der Waals surface area (Å²) < 4.78 is 5.52. The molecule has 0 radical (unpaired) electrons. The molecule has 1 atom stereocenters. The molecule has 2 aromatic carbocycles. The molecule has 0 spiro atoms. The lowest BCUT2D eigenvalue weighted by Crippen LogP contribution is -2.47. The molecule has 1 saturated carbocycles. The van der Waals surface area contributed by atoms with Crippen molar-refractivity contribution < 1.29 is 24.2 Å². The summed E-state index contributed by atoms with van der Waals surface area (Å²) >= 11 is 0. The molecule has 2 aromatic rings. The van der Waals surface area contributed by atoms with Crippen LogP contribution in [0.2, 0.25) is 0 Å². The summed E-state index contributed by atoms with van der Waals surface area (Å²) in [6.45, 7) is 2.56. The van der Waals surface area contributed by atoms with Gasteiger partial charge in [0.15, 0.2) is 0 Å². The Kier molecular flexibility index (Phi) is 6.67. The molecular weight excluding hydrogens is 420 g/mol. The molecule has 2 aliphatic carbocycles. The molecular formula is C26H30N2O5. The number of alkyl carbamates (subject to hydrolysis) is 1. The lowest BCUT2D eigenvalue weighted by Gasteiger charge is -2.37. The molecule has 4 rings (SSSR count). The van der Waals surface area contributed by atoms with Crippen LogP contribution in [0.4, 0.5) is 4.79 Å². The second-order valence-corrected chi connectivity index (χ2v) is 9.23. The van der Waals surface area contributed by atoms with Gasteiger partial charge in [0.1, 0.15) is 6.61 Å². The number of hydrogen-bond donors (Lipinski definition) is 3. The first kappa shape index (κ1) is 22.8. The van der Waals surface area contributed by atoms with Gasteiger partial charge in [0.25, 0.3) is 0 Å². The molecule has 7 nitrogen and oxygen atoms in total. The van der Waals surface area contributed by atoms with Gasteiger partial charge in [-0.2, -0.15) is 0 Å². The Bertz CT molecular complexity index is 1000. The van der Waals surface area contributed by atoms with Gasteiger partial charge in [-0.05, 0) is 41.0 Å². The van der Waals surface area contributed by atoms with E-state index >= 15 is 0 Å². The van der Waals surface area contributed by atoms with Crippen LogP contribution in [0.15, 0.2) is 48.5 Å². The second-order valence-electron chi connectivity index (χ2n) is 9.23. The molecule has 174 valence electrons. The average Bonchev–Trinajstić information content (AvgIpc) is 3.09. The monoisotopic (exact) mass is 450 g/mol. The van der Waals surface area contributed by atoms with Gasteiger partial charge < -0.3 is 20.5 Å². The zero-order valence-corrected chi connectivity index (χ0v) is 18.8. The van der Waals surface area contributed by atoms with Crippen LogP contribution in [0.5, 0.6) is 0 Å². The Morgan fingerprint density at radius 3 is 2.18 bits per heavy atom. The van der Waals surface area contributed by atoms with Crippen molar-refractivity contribution in [2.45, 2.75) is 38.5 Å². The highest BCUT2D eigenvalue weighted by Crippen LogP contribution is 2.44. The number of carbonyl (C=O) groups is 3. The zero-order chi connectivity index (χ0) is 23.4. The van der Waals surface area contributed by atoms with E-state index in [2.05, 4.69) is 34.9 Å². The Labute approximate surface area is 193 Å². The van der Waals surface area contributed by atoms with E-state index in [1.807, 2.05) is 31.2 Å². The fourth-order valence-corrected chi connectivity index (χ4v) is 4.71. The topological polar surface area (TPSA) is 105 Å². The highest BCUT2D eigenvalue weighted by atomic mass is 16.5. The van der Waals surface area contributed by atoms with Crippen molar-refractivity contribution in [1.29, 1.82) is 0 Å². The summed E-state index contributed by atoms with van der Waals surface area (Å²) in [4.78, 5) is 35.9. The molecule has 0 aliphatic heterocycles. The summed E-state index contributed by atoms with van der Waals surface area (Å²) in [6, 6.07) is 16.3. The van der Waals surface area contributed by atoms with E-state index in [9.17, 15) is 19.5 Å². The van der Waals surface area contributed by atoms with Crippen LogP contribution in [-0.4, -0.2) is 42.8 Å². The van der Waals surface area contributed by atoms with E-state index in [1.165, 1.54) is 11.1 Å². The highest BCUT2D eigenvalue weighted by Gasteiger charge is 2.44. The average molecular weight is 451 g/mol. The van der Waals surface area contributed by atoms with Crippen molar-refractivity contribution in [1.82, 2.24) is 10.6 Å². The summed E-state index contributed by atoms with van der Waals surface area (Å²) in [7, 11) is 0. The first-order valence-electron chi connectivity index (χ1n) is 11.5. The molecule has 33 heavy (non-hydrogen) atoms. The van der Waals surface area contributed by atoms with Crippen LogP contribution in [0.1, 0.15) is 49.7 Å². The number of ether oxygens (including phenoxy) is 1. The standard InChI is InChI=1S/C26H30N2O5/c1-17(13-23(29)28-16-26(24(30)31)11-6-12-26)14-27-25(32)33-15-22-20-9-4-2-7-18(20)19-8-3-5-10-21(19)22/h2-5,7-10,17,22H,6,11-16H2,1H3,(H,27,32)(H,28,29)(H,30,31). The zero-order valence-electron chi connectivity index (χ0n) is 18.8. The van der Waals surface area contributed by atoms with Crippen LogP contribution in [-0.2, 0) is 14.3 Å². The first-order chi connectivity index (χ1) is 15.9. The largest absolute Gasteiger partial charge is 0.481 e. The van der Waals surface area contributed by atoms with Crippen LogP contribution in [0.25, 0.3) is 11.1 Å². The number of hydrogen-bond acceptors (Lipinski definition) is 4. The smallest absolute Gasteiger partial charge is 0.407 e. The van der Waals surface area contributed by atoms with Gasteiger partial charge in [0, 0.05) is 25.4 Å². The number of rotatable bonds is 9. The summed E-state index contributed by atoms with van der Waals surface area (Å²) in [5.41, 5.74) is 3.85. The maximum absolute atomic E-state index is 12.3. The third kappa shape index (κ3) is 4.87. The van der Waals surface area contributed by atoms with Crippen molar-refractivity contribution in [3.05, 3.63) is 59.7 Å². The number of amides is 2. The number of aliphatic carboxylic acids is 1. The van der Waals surface area contributed by atoms with Crippen molar-refractivity contribution in [3.63, 3.8) is 0 Å². The van der Waals surface area contributed by atoms with E-state index in [4.69, 9.17) is 4.74 Å². The predicted molar refractivity (Wildman–Crippen MR) is 124 cm³/mol. The van der Waals surface area contributed by atoms with Crippen molar-refractivity contribution in [3.8, 4) is 11.1 Å². The van der Waals surface area contributed by atoms with Gasteiger partial charge in [-0.25, -0.2) is 4.79 Å². The van der Waals surface area contributed by atoms with E-state index in [0.29, 0.717) is 19.4 Å². The third-order valence-electron chi connectivity index (χ3n) is 6.86. The number of fused-ring (bicyclic) bond motifs is 3. The van der Waals surface area contributed by atoms with Gasteiger partial charge in [0.05, 0.1) is 5.41 Å². The predicted octanol–water partition coefficient (Wildman–Crippen LogP) is 3.92. The minimum absolute atomic E-state index is 0.000544. The molecule has 1 fully saturated rings. The molecule has 1 unspecified atom stereocenters. The Morgan fingerprint density at radius 1 is 1.03 bits per heavy atom. The van der Waals surface area contributed by atoms with Crippen LogP contribution >= 0.6 is 0 Å². The van der Waals surface area contributed by atoms with Crippen LogP contribution < -0.4 is 10.6 Å².